The normalized spacial score (nSPS) is 34.9. The Morgan fingerprint density at radius 1 is 1.00 bits per heavy atom. The van der Waals surface area contributed by atoms with Crippen LogP contribution in [0.2, 0.25) is 0 Å². The van der Waals surface area contributed by atoms with Crippen molar-refractivity contribution < 1.29 is 9.47 Å². The summed E-state index contributed by atoms with van der Waals surface area (Å²) < 4.78 is 12.1. The zero-order valence-electron chi connectivity index (χ0n) is 10.1. The number of nitrogens with zero attached hydrogens (tertiary/aromatic N) is 1. The van der Waals surface area contributed by atoms with Crippen molar-refractivity contribution in [2.75, 3.05) is 26.2 Å². The lowest BCUT2D eigenvalue weighted by Crippen LogP contribution is -2.36. The molecule has 0 bridgehead atoms. The lowest BCUT2D eigenvalue weighted by Gasteiger charge is -2.32. The van der Waals surface area contributed by atoms with Crippen LogP contribution in [0.1, 0.15) is 44.9 Å². The molecule has 0 radical (unpaired) electrons. The summed E-state index contributed by atoms with van der Waals surface area (Å²) in [6.45, 7) is 4.41. The van der Waals surface area contributed by atoms with E-state index in [1.54, 1.807) is 0 Å². The van der Waals surface area contributed by atoms with Crippen LogP contribution in [-0.4, -0.2) is 43.0 Å². The van der Waals surface area contributed by atoms with Crippen molar-refractivity contribution in [3.8, 4) is 0 Å². The molecule has 1 saturated carbocycles. The van der Waals surface area contributed by atoms with E-state index < -0.39 is 0 Å². The van der Waals surface area contributed by atoms with E-state index in [2.05, 4.69) is 4.90 Å². The maximum atomic E-state index is 6.19. The van der Waals surface area contributed by atoms with Gasteiger partial charge in [-0.2, -0.15) is 0 Å². The summed E-state index contributed by atoms with van der Waals surface area (Å²) >= 11 is 0. The van der Waals surface area contributed by atoms with E-state index in [1.165, 1.54) is 45.2 Å². The average molecular weight is 225 g/mol. The first-order valence-corrected chi connectivity index (χ1v) is 6.90. The van der Waals surface area contributed by atoms with Crippen molar-refractivity contribution >= 4 is 0 Å². The molecule has 16 heavy (non-hydrogen) atoms. The van der Waals surface area contributed by atoms with Gasteiger partial charge in [-0.05, 0) is 38.8 Å². The minimum Gasteiger partial charge on any atom is -0.347 e. The molecule has 92 valence electrons. The molecule has 3 rings (SSSR count). The highest BCUT2D eigenvalue weighted by Crippen LogP contribution is 2.37. The molecule has 0 amide bonds. The van der Waals surface area contributed by atoms with Crippen molar-refractivity contribution in [3.05, 3.63) is 0 Å². The molecule has 1 aliphatic carbocycles. The predicted octanol–water partition coefficient (Wildman–Crippen LogP) is 2.16. The second-order valence-electron chi connectivity index (χ2n) is 5.53. The van der Waals surface area contributed by atoms with E-state index in [0.29, 0.717) is 6.10 Å². The Kier molecular flexibility index (Phi) is 3.18. The first-order chi connectivity index (χ1) is 7.86. The van der Waals surface area contributed by atoms with Crippen LogP contribution in [0.25, 0.3) is 0 Å². The Hall–Kier alpha value is -0.120. The van der Waals surface area contributed by atoms with Gasteiger partial charge in [0, 0.05) is 19.4 Å². The van der Waals surface area contributed by atoms with Gasteiger partial charge in [0.25, 0.3) is 0 Å². The van der Waals surface area contributed by atoms with Gasteiger partial charge in [-0.15, -0.1) is 0 Å². The average Bonchev–Trinajstić information content (AvgIpc) is 2.92. The van der Waals surface area contributed by atoms with Gasteiger partial charge < -0.3 is 14.4 Å². The standard InChI is InChI=1S/C13H23NO2/c1-2-6-13(7-3-1)15-11-12(16-13)10-14-8-4-5-9-14/h12H,1-11H2/t12-/m0/s1. The molecule has 0 N–H and O–H groups in total. The lowest BCUT2D eigenvalue weighted by atomic mass is 9.94. The summed E-state index contributed by atoms with van der Waals surface area (Å²) in [5, 5.41) is 0. The highest BCUT2D eigenvalue weighted by molar-refractivity contribution is 4.84. The van der Waals surface area contributed by atoms with Crippen molar-refractivity contribution in [1.29, 1.82) is 0 Å². The van der Waals surface area contributed by atoms with E-state index in [-0.39, 0.29) is 5.79 Å². The Balaban J connectivity index is 1.51. The zero-order valence-corrected chi connectivity index (χ0v) is 10.1. The fourth-order valence-corrected chi connectivity index (χ4v) is 3.31. The Labute approximate surface area is 98.1 Å². The molecule has 2 heterocycles. The first kappa shape index (κ1) is 11.0. The number of likely N-dealkylation sites (tertiary alicyclic amines) is 1. The smallest absolute Gasteiger partial charge is 0.168 e. The van der Waals surface area contributed by atoms with Gasteiger partial charge in [0.2, 0.25) is 0 Å². The zero-order chi connectivity index (χ0) is 10.8. The highest BCUT2D eigenvalue weighted by atomic mass is 16.7. The second-order valence-corrected chi connectivity index (χ2v) is 5.53. The summed E-state index contributed by atoms with van der Waals surface area (Å²) in [5.41, 5.74) is 0. The van der Waals surface area contributed by atoms with Gasteiger partial charge in [0.05, 0.1) is 12.7 Å². The van der Waals surface area contributed by atoms with E-state index in [9.17, 15) is 0 Å². The molecule has 0 aromatic heterocycles. The summed E-state index contributed by atoms with van der Waals surface area (Å²) in [6.07, 6.45) is 9.18. The third-order valence-electron chi connectivity index (χ3n) is 4.19. The van der Waals surface area contributed by atoms with Crippen LogP contribution in [0, 0.1) is 0 Å². The molecule has 3 fully saturated rings. The molecule has 0 aromatic carbocycles. The fourth-order valence-electron chi connectivity index (χ4n) is 3.31. The number of hydrogen-bond acceptors (Lipinski definition) is 3. The van der Waals surface area contributed by atoms with Gasteiger partial charge >= 0.3 is 0 Å². The maximum Gasteiger partial charge on any atom is 0.168 e. The summed E-state index contributed by atoms with van der Waals surface area (Å²) in [4.78, 5) is 2.52. The van der Waals surface area contributed by atoms with Gasteiger partial charge in [-0.1, -0.05) is 6.42 Å². The Morgan fingerprint density at radius 3 is 2.50 bits per heavy atom. The molecule has 3 heteroatoms. The molecule has 0 unspecified atom stereocenters. The summed E-state index contributed by atoms with van der Waals surface area (Å²) in [6, 6.07) is 0. The van der Waals surface area contributed by atoms with Gasteiger partial charge in [0.15, 0.2) is 5.79 Å². The summed E-state index contributed by atoms with van der Waals surface area (Å²) in [7, 11) is 0. The highest BCUT2D eigenvalue weighted by Gasteiger charge is 2.42. The minimum atomic E-state index is -0.178. The fraction of sp³-hybridized carbons (Fsp3) is 1.00. The molecular formula is C13H23NO2. The van der Waals surface area contributed by atoms with Gasteiger partial charge in [-0.3, -0.25) is 0 Å². The van der Waals surface area contributed by atoms with Crippen LogP contribution >= 0.6 is 0 Å². The van der Waals surface area contributed by atoms with Crippen molar-refractivity contribution in [2.24, 2.45) is 0 Å². The summed E-state index contributed by atoms with van der Waals surface area (Å²) in [5.74, 6) is -0.178. The van der Waals surface area contributed by atoms with Crippen LogP contribution in [0.15, 0.2) is 0 Å². The van der Waals surface area contributed by atoms with Gasteiger partial charge in [0.1, 0.15) is 0 Å². The molecule has 2 saturated heterocycles. The quantitative estimate of drug-likeness (QED) is 0.719. The Morgan fingerprint density at radius 2 is 1.75 bits per heavy atom. The predicted molar refractivity (Wildman–Crippen MR) is 62.3 cm³/mol. The number of ether oxygens (including phenoxy) is 2. The largest absolute Gasteiger partial charge is 0.347 e. The van der Waals surface area contributed by atoms with Crippen LogP contribution in [0.5, 0.6) is 0 Å². The molecule has 3 aliphatic rings. The first-order valence-electron chi connectivity index (χ1n) is 6.90. The molecule has 2 aliphatic heterocycles. The topological polar surface area (TPSA) is 21.7 Å². The SMILES string of the molecule is C1CCC2(CC1)OC[C@H](CN1CCCC1)O2. The molecule has 3 nitrogen and oxygen atoms in total. The maximum absolute atomic E-state index is 6.19. The van der Waals surface area contributed by atoms with Crippen LogP contribution in [0.3, 0.4) is 0 Å². The van der Waals surface area contributed by atoms with Crippen LogP contribution in [0.4, 0.5) is 0 Å². The van der Waals surface area contributed by atoms with Crippen molar-refractivity contribution in [1.82, 2.24) is 4.90 Å². The van der Waals surface area contributed by atoms with E-state index in [1.807, 2.05) is 0 Å². The molecule has 0 aromatic rings. The third-order valence-corrected chi connectivity index (χ3v) is 4.19. The van der Waals surface area contributed by atoms with Crippen molar-refractivity contribution in [3.63, 3.8) is 0 Å². The molecule has 1 spiro atoms. The van der Waals surface area contributed by atoms with Gasteiger partial charge in [-0.25, -0.2) is 0 Å². The van der Waals surface area contributed by atoms with Crippen LogP contribution in [-0.2, 0) is 9.47 Å². The molecular weight excluding hydrogens is 202 g/mol. The monoisotopic (exact) mass is 225 g/mol. The van der Waals surface area contributed by atoms with E-state index >= 15 is 0 Å². The molecule has 1 atom stereocenters. The van der Waals surface area contributed by atoms with E-state index in [4.69, 9.17) is 9.47 Å². The number of rotatable bonds is 2. The van der Waals surface area contributed by atoms with Crippen LogP contribution < -0.4 is 0 Å². The Bertz CT molecular complexity index is 232. The lowest BCUT2D eigenvalue weighted by molar-refractivity contribution is -0.188. The third kappa shape index (κ3) is 2.27. The second kappa shape index (κ2) is 4.63. The van der Waals surface area contributed by atoms with E-state index in [0.717, 1.165) is 26.0 Å². The number of hydrogen-bond donors (Lipinski definition) is 0. The minimum absolute atomic E-state index is 0.178. The van der Waals surface area contributed by atoms with Crippen molar-refractivity contribution in [2.45, 2.75) is 56.8 Å².